The summed E-state index contributed by atoms with van der Waals surface area (Å²) >= 11 is 3.49. The minimum Gasteiger partial charge on any atom is -0.353 e. The predicted octanol–water partition coefficient (Wildman–Crippen LogP) is 3.27. The van der Waals surface area contributed by atoms with Crippen LogP contribution in [-0.2, 0) is 6.54 Å². The van der Waals surface area contributed by atoms with Crippen LogP contribution in [0.2, 0.25) is 0 Å². The van der Waals surface area contributed by atoms with Crippen molar-refractivity contribution in [2.24, 2.45) is 0 Å². The largest absolute Gasteiger partial charge is 0.353 e. The van der Waals surface area contributed by atoms with Gasteiger partial charge in [-0.15, -0.1) is 0 Å². The lowest BCUT2D eigenvalue weighted by Crippen LogP contribution is -2.09. The number of aromatic nitrogens is 2. The van der Waals surface area contributed by atoms with Gasteiger partial charge in [-0.05, 0) is 30.5 Å². The molecule has 0 atom stereocenters. The molecule has 1 aromatic heterocycles. The summed E-state index contributed by atoms with van der Waals surface area (Å²) in [6, 6.07) is 9.01. The number of rotatable bonds is 4. The van der Waals surface area contributed by atoms with E-state index in [1.807, 2.05) is 18.5 Å². The first-order chi connectivity index (χ1) is 8.31. The van der Waals surface area contributed by atoms with Crippen LogP contribution in [0.3, 0.4) is 0 Å². The number of halogens is 1. The summed E-state index contributed by atoms with van der Waals surface area (Å²) in [6.07, 6.45) is 6.40. The molecule has 0 unspecified atom stereocenters. The number of nitrogens with one attached hydrogen (secondary N) is 1. The third kappa shape index (κ3) is 2.69. The SMILES string of the molecule is Brc1cccc(Cn2ccnc2NC2CC2)c1. The minimum absolute atomic E-state index is 0.638. The second kappa shape index (κ2) is 4.53. The molecular weight excluding hydrogens is 278 g/mol. The van der Waals surface area contributed by atoms with Gasteiger partial charge in [-0.1, -0.05) is 28.1 Å². The maximum atomic E-state index is 4.36. The monoisotopic (exact) mass is 291 g/mol. The van der Waals surface area contributed by atoms with Crippen LogP contribution in [0, 0.1) is 0 Å². The Labute approximate surface area is 109 Å². The average molecular weight is 292 g/mol. The number of nitrogens with zero attached hydrogens (tertiary/aromatic N) is 2. The molecule has 3 nitrogen and oxygen atoms in total. The Bertz CT molecular complexity index is 517. The topological polar surface area (TPSA) is 29.9 Å². The smallest absolute Gasteiger partial charge is 0.203 e. The van der Waals surface area contributed by atoms with Crippen LogP contribution in [0.15, 0.2) is 41.1 Å². The summed E-state index contributed by atoms with van der Waals surface area (Å²) in [4.78, 5) is 4.36. The van der Waals surface area contributed by atoms with Crippen LogP contribution in [0.1, 0.15) is 18.4 Å². The van der Waals surface area contributed by atoms with Crippen molar-refractivity contribution in [1.29, 1.82) is 0 Å². The summed E-state index contributed by atoms with van der Waals surface area (Å²) in [5.74, 6) is 0.979. The fourth-order valence-corrected chi connectivity index (χ4v) is 2.27. The van der Waals surface area contributed by atoms with E-state index in [4.69, 9.17) is 0 Å². The fraction of sp³-hybridized carbons (Fsp3) is 0.308. The minimum atomic E-state index is 0.638. The van der Waals surface area contributed by atoms with E-state index >= 15 is 0 Å². The Morgan fingerprint density at radius 2 is 2.29 bits per heavy atom. The van der Waals surface area contributed by atoms with Crippen LogP contribution in [0.25, 0.3) is 0 Å². The van der Waals surface area contributed by atoms with Crippen molar-refractivity contribution in [3.05, 3.63) is 46.7 Å². The van der Waals surface area contributed by atoms with Crippen molar-refractivity contribution in [3.8, 4) is 0 Å². The molecule has 0 amide bonds. The van der Waals surface area contributed by atoms with Crippen molar-refractivity contribution >= 4 is 21.9 Å². The van der Waals surface area contributed by atoms with Gasteiger partial charge in [-0.25, -0.2) is 4.98 Å². The molecule has 1 N–H and O–H groups in total. The Hall–Kier alpha value is -1.29. The zero-order valence-corrected chi connectivity index (χ0v) is 11.0. The lowest BCUT2D eigenvalue weighted by Gasteiger charge is -2.09. The van der Waals surface area contributed by atoms with Crippen molar-refractivity contribution in [3.63, 3.8) is 0 Å². The lowest BCUT2D eigenvalue weighted by atomic mass is 10.2. The van der Waals surface area contributed by atoms with Crippen molar-refractivity contribution in [2.75, 3.05) is 5.32 Å². The first-order valence-corrected chi connectivity index (χ1v) is 6.63. The molecule has 1 aliphatic rings. The second-order valence-corrected chi connectivity index (χ2v) is 5.34. The molecule has 0 radical (unpaired) electrons. The zero-order chi connectivity index (χ0) is 11.7. The summed E-state index contributed by atoms with van der Waals surface area (Å²) in [6.45, 7) is 0.856. The van der Waals surface area contributed by atoms with E-state index in [0.717, 1.165) is 17.0 Å². The normalized spacial score (nSPS) is 14.9. The van der Waals surface area contributed by atoms with Gasteiger partial charge in [-0.3, -0.25) is 0 Å². The van der Waals surface area contributed by atoms with E-state index in [0.29, 0.717) is 6.04 Å². The molecule has 1 aromatic carbocycles. The van der Waals surface area contributed by atoms with Crippen LogP contribution < -0.4 is 5.32 Å². The number of anilines is 1. The molecule has 2 aromatic rings. The first-order valence-electron chi connectivity index (χ1n) is 5.83. The summed E-state index contributed by atoms with van der Waals surface area (Å²) < 4.78 is 3.27. The van der Waals surface area contributed by atoms with E-state index in [1.165, 1.54) is 18.4 Å². The molecule has 1 aliphatic carbocycles. The number of hydrogen-bond acceptors (Lipinski definition) is 2. The highest BCUT2D eigenvalue weighted by Crippen LogP contribution is 2.24. The first kappa shape index (κ1) is 10.8. The third-order valence-electron chi connectivity index (χ3n) is 2.87. The Kier molecular flexibility index (Phi) is 2.89. The van der Waals surface area contributed by atoms with E-state index < -0.39 is 0 Å². The Balaban J connectivity index is 1.77. The van der Waals surface area contributed by atoms with Gasteiger partial charge in [0.25, 0.3) is 0 Å². The highest BCUT2D eigenvalue weighted by molar-refractivity contribution is 9.10. The van der Waals surface area contributed by atoms with E-state index in [-0.39, 0.29) is 0 Å². The summed E-state index contributed by atoms with van der Waals surface area (Å²) in [7, 11) is 0. The van der Waals surface area contributed by atoms with Gasteiger partial charge >= 0.3 is 0 Å². The molecule has 0 saturated heterocycles. The van der Waals surface area contributed by atoms with Gasteiger partial charge in [0, 0.05) is 22.9 Å². The van der Waals surface area contributed by atoms with Gasteiger partial charge in [0.1, 0.15) is 0 Å². The number of hydrogen-bond donors (Lipinski definition) is 1. The molecule has 0 aliphatic heterocycles. The van der Waals surface area contributed by atoms with Crippen molar-refractivity contribution in [1.82, 2.24) is 9.55 Å². The maximum Gasteiger partial charge on any atom is 0.203 e. The average Bonchev–Trinajstić information content (AvgIpc) is 3.01. The van der Waals surface area contributed by atoms with E-state index in [9.17, 15) is 0 Å². The maximum absolute atomic E-state index is 4.36. The third-order valence-corrected chi connectivity index (χ3v) is 3.36. The summed E-state index contributed by atoms with van der Waals surface area (Å²) in [5.41, 5.74) is 1.27. The fourth-order valence-electron chi connectivity index (χ4n) is 1.82. The van der Waals surface area contributed by atoms with E-state index in [1.54, 1.807) is 0 Å². The molecule has 4 heteroatoms. The number of imidazole rings is 1. The highest BCUT2D eigenvalue weighted by Gasteiger charge is 2.22. The quantitative estimate of drug-likeness (QED) is 0.937. The molecular formula is C13H14BrN3. The number of benzene rings is 1. The predicted molar refractivity (Wildman–Crippen MR) is 72.1 cm³/mol. The van der Waals surface area contributed by atoms with Crippen LogP contribution in [0.5, 0.6) is 0 Å². The molecule has 1 fully saturated rings. The standard InChI is InChI=1S/C13H14BrN3/c14-11-3-1-2-10(8-11)9-17-7-6-15-13(17)16-12-4-5-12/h1-3,6-8,12H,4-5,9H2,(H,15,16). The Morgan fingerprint density at radius 1 is 1.41 bits per heavy atom. The van der Waals surface area contributed by atoms with Crippen LogP contribution in [-0.4, -0.2) is 15.6 Å². The van der Waals surface area contributed by atoms with Crippen molar-refractivity contribution < 1.29 is 0 Å². The van der Waals surface area contributed by atoms with Gasteiger partial charge in [-0.2, -0.15) is 0 Å². The summed E-state index contributed by atoms with van der Waals surface area (Å²) in [5, 5.41) is 3.44. The molecule has 1 saturated carbocycles. The molecule has 0 bridgehead atoms. The van der Waals surface area contributed by atoms with Crippen LogP contribution in [0.4, 0.5) is 5.95 Å². The molecule has 88 valence electrons. The van der Waals surface area contributed by atoms with Gasteiger partial charge in [0.05, 0.1) is 6.54 Å². The van der Waals surface area contributed by atoms with Crippen LogP contribution >= 0.6 is 15.9 Å². The molecule has 0 spiro atoms. The van der Waals surface area contributed by atoms with Crippen molar-refractivity contribution in [2.45, 2.75) is 25.4 Å². The molecule has 3 rings (SSSR count). The van der Waals surface area contributed by atoms with Gasteiger partial charge in [0.2, 0.25) is 5.95 Å². The Morgan fingerprint density at radius 3 is 3.06 bits per heavy atom. The molecule has 1 heterocycles. The zero-order valence-electron chi connectivity index (χ0n) is 9.44. The van der Waals surface area contributed by atoms with E-state index in [2.05, 4.69) is 49.0 Å². The lowest BCUT2D eigenvalue weighted by molar-refractivity contribution is 0.796. The molecule has 17 heavy (non-hydrogen) atoms. The van der Waals surface area contributed by atoms with Gasteiger partial charge in [0.15, 0.2) is 0 Å². The van der Waals surface area contributed by atoms with Gasteiger partial charge < -0.3 is 9.88 Å². The second-order valence-electron chi connectivity index (χ2n) is 4.43. The highest BCUT2D eigenvalue weighted by atomic mass is 79.9.